The van der Waals surface area contributed by atoms with Gasteiger partial charge in [-0.2, -0.15) is 0 Å². The number of nitrogens with two attached hydrogens (primary N) is 1. The summed E-state index contributed by atoms with van der Waals surface area (Å²) in [7, 11) is 0. The Morgan fingerprint density at radius 3 is 3.00 bits per heavy atom. The quantitative estimate of drug-likeness (QED) is 0.769. The van der Waals surface area contributed by atoms with Crippen LogP contribution in [-0.4, -0.2) is 16.6 Å². The van der Waals surface area contributed by atoms with Crippen molar-refractivity contribution < 1.29 is 5.11 Å². The van der Waals surface area contributed by atoms with E-state index >= 15 is 0 Å². The number of aliphatic hydroxyl groups is 1. The number of halogens is 1. The third-order valence-corrected chi connectivity index (χ3v) is 2.25. The maximum atomic E-state index is 9.55. The Kier molecular flexibility index (Phi) is 3.65. The molecule has 3 nitrogen and oxygen atoms in total. The average molecular weight is 231 g/mol. The minimum Gasteiger partial charge on any atom is -0.388 e. The van der Waals surface area contributed by atoms with Gasteiger partial charge in [0.2, 0.25) is 0 Å². The fourth-order valence-corrected chi connectivity index (χ4v) is 1.48. The molecule has 1 atom stereocenters. The van der Waals surface area contributed by atoms with Crippen molar-refractivity contribution in [2.75, 3.05) is 6.54 Å². The van der Waals surface area contributed by atoms with Crippen LogP contribution < -0.4 is 5.73 Å². The molecule has 3 N–H and O–H groups in total. The van der Waals surface area contributed by atoms with Crippen molar-refractivity contribution >= 4 is 15.9 Å². The van der Waals surface area contributed by atoms with Crippen LogP contribution in [0, 0.1) is 0 Å². The fourth-order valence-electron chi connectivity index (χ4n) is 0.960. The summed E-state index contributed by atoms with van der Waals surface area (Å²) in [5.41, 5.74) is 6.12. The number of nitrogens with zero attached hydrogens (tertiary/aromatic N) is 1. The predicted octanol–water partition coefficient (Wildman–Crippen LogP) is 1.23. The van der Waals surface area contributed by atoms with E-state index in [-0.39, 0.29) is 0 Å². The molecule has 1 aromatic rings. The highest BCUT2D eigenvalue weighted by molar-refractivity contribution is 9.10. The Labute approximate surface area is 79.7 Å². The first-order valence-electron chi connectivity index (χ1n) is 3.74. The van der Waals surface area contributed by atoms with Gasteiger partial charge in [-0.1, -0.05) is 6.07 Å². The van der Waals surface area contributed by atoms with Crippen molar-refractivity contribution in [2.24, 2.45) is 5.73 Å². The van der Waals surface area contributed by atoms with Gasteiger partial charge in [-0.15, -0.1) is 0 Å². The topological polar surface area (TPSA) is 59.1 Å². The first-order chi connectivity index (χ1) is 5.75. The molecule has 12 heavy (non-hydrogen) atoms. The van der Waals surface area contributed by atoms with Gasteiger partial charge in [-0.3, -0.25) is 0 Å². The van der Waals surface area contributed by atoms with Gasteiger partial charge in [0.15, 0.2) is 0 Å². The van der Waals surface area contributed by atoms with Crippen molar-refractivity contribution in [3.63, 3.8) is 0 Å². The van der Waals surface area contributed by atoms with Gasteiger partial charge in [0.1, 0.15) is 4.60 Å². The molecule has 0 amide bonds. The lowest BCUT2D eigenvalue weighted by atomic mass is 10.1. The highest BCUT2D eigenvalue weighted by Gasteiger charge is 2.09. The lowest BCUT2D eigenvalue weighted by Gasteiger charge is -2.09. The summed E-state index contributed by atoms with van der Waals surface area (Å²) in [5, 5.41) is 9.55. The standard InChI is InChI=1S/C8H11BrN2O/c9-8-6(2-1-5-11-8)7(12)3-4-10/h1-2,5,7,12H,3-4,10H2/t7-/m1/s1. The Morgan fingerprint density at radius 2 is 2.42 bits per heavy atom. The van der Waals surface area contributed by atoms with E-state index < -0.39 is 6.10 Å². The van der Waals surface area contributed by atoms with Gasteiger partial charge >= 0.3 is 0 Å². The van der Waals surface area contributed by atoms with Crippen LogP contribution in [0.25, 0.3) is 0 Å². The summed E-state index contributed by atoms with van der Waals surface area (Å²) < 4.78 is 0.686. The van der Waals surface area contributed by atoms with Gasteiger partial charge < -0.3 is 10.8 Å². The maximum absolute atomic E-state index is 9.55. The average Bonchev–Trinajstić information content (AvgIpc) is 2.05. The number of hydrogen-bond acceptors (Lipinski definition) is 3. The summed E-state index contributed by atoms with van der Waals surface area (Å²) in [6.45, 7) is 0.475. The molecule has 1 aromatic heterocycles. The molecule has 0 unspecified atom stereocenters. The minimum atomic E-state index is -0.516. The van der Waals surface area contributed by atoms with Crippen LogP contribution in [0.3, 0.4) is 0 Å². The number of rotatable bonds is 3. The van der Waals surface area contributed by atoms with E-state index in [9.17, 15) is 5.11 Å². The Balaban J connectivity index is 2.79. The molecule has 1 rings (SSSR count). The Hall–Kier alpha value is -0.450. The third kappa shape index (κ3) is 2.27. The van der Waals surface area contributed by atoms with Crippen molar-refractivity contribution in [3.8, 4) is 0 Å². The number of pyridine rings is 1. The van der Waals surface area contributed by atoms with Crippen molar-refractivity contribution in [1.82, 2.24) is 4.98 Å². The molecule has 4 heteroatoms. The predicted molar refractivity (Wildman–Crippen MR) is 50.6 cm³/mol. The zero-order valence-electron chi connectivity index (χ0n) is 6.57. The summed E-state index contributed by atoms with van der Waals surface area (Å²) in [4.78, 5) is 4.00. The van der Waals surface area contributed by atoms with E-state index in [0.29, 0.717) is 17.6 Å². The highest BCUT2D eigenvalue weighted by Crippen LogP contribution is 2.22. The van der Waals surface area contributed by atoms with Gasteiger partial charge in [-0.05, 0) is 35.0 Å². The van der Waals surface area contributed by atoms with Crippen molar-refractivity contribution in [3.05, 3.63) is 28.5 Å². The van der Waals surface area contributed by atoms with Crippen LogP contribution in [0.5, 0.6) is 0 Å². The molecule has 1 heterocycles. The lowest BCUT2D eigenvalue weighted by molar-refractivity contribution is 0.169. The minimum absolute atomic E-state index is 0.475. The SMILES string of the molecule is NCC[C@@H](O)c1cccnc1Br. The fraction of sp³-hybridized carbons (Fsp3) is 0.375. The van der Waals surface area contributed by atoms with Crippen LogP contribution in [0.15, 0.2) is 22.9 Å². The summed E-state index contributed by atoms with van der Waals surface area (Å²) >= 11 is 3.25. The molecule has 0 aliphatic rings. The molecular formula is C8H11BrN2O. The first kappa shape index (κ1) is 9.64. The van der Waals surface area contributed by atoms with E-state index in [1.54, 1.807) is 12.3 Å². The van der Waals surface area contributed by atoms with E-state index in [0.717, 1.165) is 5.56 Å². The molecule has 66 valence electrons. The maximum Gasteiger partial charge on any atom is 0.111 e. The summed E-state index contributed by atoms with van der Waals surface area (Å²) in [6.07, 6.45) is 1.71. The van der Waals surface area contributed by atoms with E-state index in [4.69, 9.17) is 5.73 Å². The molecule has 0 bridgehead atoms. The Bertz CT molecular complexity index is 255. The second-order valence-corrected chi connectivity index (χ2v) is 3.23. The van der Waals surface area contributed by atoms with E-state index in [2.05, 4.69) is 20.9 Å². The third-order valence-electron chi connectivity index (χ3n) is 1.59. The van der Waals surface area contributed by atoms with Gasteiger partial charge in [0.25, 0.3) is 0 Å². The van der Waals surface area contributed by atoms with Gasteiger partial charge in [0.05, 0.1) is 6.10 Å². The molecular weight excluding hydrogens is 220 g/mol. The van der Waals surface area contributed by atoms with Crippen LogP contribution in [0.4, 0.5) is 0 Å². The summed E-state index contributed by atoms with van der Waals surface area (Å²) in [6, 6.07) is 3.62. The molecule has 0 fully saturated rings. The van der Waals surface area contributed by atoms with Crippen LogP contribution in [-0.2, 0) is 0 Å². The van der Waals surface area contributed by atoms with E-state index in [1.165, 1.54) is 0 Å². The number of hydrogen-bond donors (Lipinski definition) is 2. The van der Waals surface area contributed by atoms with E-state index in [1.807, 2.05) is 6.07 Å². The van der Waals surface area contributed by atoms with Crippen molar-refractivity contribution in [1.29, 1.82) is 0 Å². The normalized spacial score (nSPS) is 12.9. The smallest absolute Gasteiger partial charge is 0.111 e. The second-order valence-electron chi connectivity index (χ2n) is 2.48. The summed E-state index contributed by atoms with van der Waals surface area (Å²) in [5.74, 6) is 0. The monoisotopic (exact) mass is 230 g/mol. The molecule has 0 aromatic carbocycles. The first-order valence-corrected chi connectivity index (χ1v) is 4.53. The number of aromatic nitrogens is 1. The molecule has 0 saturated carbocycles. The van der Waals surface area contributed by atoms with Crippen LogP contribution in [0.1, 0.15) is 18.1 Å². The van der Waals surface area contributed by atoms with Crippen LogP contribution in [0.2, 0.25) is 0 Å². The second kappa shape index (κ2) is 4.54. The molecule has 0 aliphatic carbocycles. The molecule has 0 aliphatic heterocycles. The van der Waals surface area contributed by atoms with Gasteiger partial charge in [-0.25, -0.2) is 4.98 Å². The zero-order valence-corrected chi connectivity index (χ0v) is 8.16. The number of aliphatic hydroxyl groups excluding tert-OH is 1. The molecule has 0 saturated heterocycles. The lowest BCUT2D eigenvalue weighted by Crippen LogP contribution is -2.07. The van der Waals surface area contributed by atoms with Crippen LogP contribution >= 0.6 is 15.9 Å². The highest BCUT2D eigenvalue weighted by atomic mass is 79.9. The van der Waals surface area contributed by atoms with Gasteiger partial charge in [0, 0.05) is 11.8 Å². The Morgan fingerprint density at radius 1 is 1.67 bits per heavy atom. The molecule has 0 spiro atoms. The van der Waals surface area contributed by atoms with Crippen molar-refractivity contribution in [2.45, 2.75) is 12.5 Å². The zero-order chi connectivity index (χ0) is 8.97. The largest absolute Gasteiger partial charge is 0.388 e. The molecule has 0 radical (unpaired) electrons.